The largest absolute Gasteiger partial charge is 0.317 e. The van der Waals surface area contributed by atoms with E-state index in [0.29, 0.717) is 6.04 Å². The highest BCUT2D eigenvalue weighted by molar-refractivity contribution is 5.14. The third-order valence-electron chi connectivity index (χ3n) is 5.32. The molecule has 1 aromatic rings. The van der Waals surface area contributed by atoms with Crippen molar-refractivity contribution in [1.29, 1.82) is 0 Å². The molecule has 0 bridgehead atoms. The van der Waals surface area contributed by atoms with Crippen molar-refractivity contribution in [3.05, 3.63) is 11.6 Å². The summed E-state index contributed by atoms with van der Waals surface area (Å²) in [6.45, 7) is 6.68. The number of nitrogens with zero attached hydrogens (tertiary/aromatic N) is 3. The van der Waals surface area contributed by atoms with E-state index in [4.69, 9.17) is 0 Å². The maximum absolute atomic E-state index is 4.66. The molecule has 112 valence electrons. The van der Waals surface area contributed by atoms with Crippen molar-refractivity contribution < 1.29 is 0 Å². The molecule has 0 amide bonds. The summed E-state index contributed by atoms with van der Waals surface area (Å²) in [5, 5.41) is 12.6. The summed E-state index contributed by atoms with van der Waals surface area (Å²) in [6, 6.07) is 0.656. The summed E-state index contributed by atoms with van der Waals surface area (Å²) in [7, 11) is 0. The third-order valence-corrected chi connectivity index (χ3v) is 5.32. The Labute approximate surface area is 122 Å². The molecule has 2 aliphatic rings. The van der Waals surface area contributed by atoms with Crippen LogP contribution in [0.15, 0.2) is 0 Å². The maximum Gasteiger partial charge on any atom is 0.139 e. The molecule has 0 aromatic carbocycles. The molecule has 1 aliphatic heterocycles. The van der Waals surface area contributed by atoms with Gasteiger partial charge >= 0.3 is 0 Å². The lowest BCUT2D eigenvalue weighted by atomic mass is 9.74. The van der Waals surface area contributed by atoms with E-state index in [-0.39, 0.29) is 5.41 Å². The smallest absolute Gasteiger partial charge is 0.139 e. The molecular weight excluding hydrogens is 248 g/mol. The molecule has 4 heteroatoms. The Morgan fingerprint density at radius 1 is 1.20 bits per heavy atom. The first-order valence-electron chi connectivity index (χ1n) is 8.39. The Morgan fingerprint density at radius 3 is 2.55 bits per heavy atom. The predicted molar refractivity (Wildman–Crippen MR) is 81.0 cm³/mol. The van der Waals surface area contributed by atoms with E-state index < -0.39 is 0 Å². The third kappa shape index (κ3) is 2.39. The Morgan fingerprint density at radius 2 is 1.90 bits per heavy atom. The van der Waals surface area contributed by atoms with Crippen LogP contribution in [0.4, 0.5) is 0 Å². The van der Waals surface area contributed by atoms with E-state index >= 15 is 0 Å². The fourth-order valence-corrected chi connectivity index (χ4v) is 4.30. The van der Waals surface area contributed by atoms with Crippen molar-refractivity contribution in [3.8, 4) is 0 Å². The minimum Gasteiger partial charge on any atom is -0.317 e. The molecule has 1 aliphatic carbocycles. The van der Waals surface area contributed by atoms with Gasteiger partial charge in [-0.15, -0.1) is 10.2 Å². The first kappa shape index (κ1) is 14.1. The van der Waals surface area contributed by atoms with Gasteiger partial charge in [0.1, 0.15) is 11.6 Å². The number of nitrogens with one attached hydrogen (secondary N) is 1. The first-order valence-corrected chi connectivity index (χ1v) is 8.39. The van der Waals surface area contributed by atoms with Crippen LogP contribution in [0, 0.1) is 6.92 Å². The van der Waals surface area contributed by atoms with Gasteiger partial charge in [-0.2, -0.15) is 0 Å². The molecule has 2 heterocycles. The van der Waals surface area contributed by atoms with Gasteiger partial charge in [0.2, 0.25) is 0 Å². The maximum atomic E-state index is 4.66. The summed E-state index contributed by atoms with van der Waals surface area (Å²) in [5.41, 5.74) is 0.268. The Hall–Kier alpha value is -0.900. The van der Waals surface area contributed by atoms with Crippen molar-refractivity contribution in [2.45, 2.75) is 76.7 Å². The van der Waals surface area contributed by atoms with Crippen molar-refractivity contribution in [2.75, 3.05) is 13.1 Å². The average molecular weight is 276 g/mol. The molecular formula is C16H28N4. The number of hydrogen-bond donors (Lipinski definition) is 1. The number of rotatable bonds is 4. The van der Waals surface area contributed by atoms with Crippen LogP contribution in [0.1, 0.15) is 76.0 Å². The quantitative estimate of drug-likeness (QED) is 0.919. The summed E-state index contributed by atoms with van der Waals surface area (Å²) in [4.78, 5) is 0. The monoisotopic (exact) mass is 276 g/mol. The second kappa shape index (κ2) is 5.84. The van der Waals surface area contributed by atoms with Gasteiger partial charge in [0.05, 0.1) is 0 Å². The average Bonchev–Trinajstić information content (AvgIpc) is 3.09. The first-order chi connectivity index (χ1) is 9.77. The van der Waals surface area contributed by atoms with Gasteiger partial charge in [-0.1, -0.05) is 26.2 Å². The zero-order valence-electron chi connectivity index (χ0n) is 13.0. The van der Waals surface area contributed by atoms with E-state index in [9.17, 15) is 0 Å². The molecule has 1 saturated carbocycles. The molecule has 0 spiro atoms. The minimum absolute atomic E-state index is 0.268. The van der Waals surface area contributed by atoms with Gasteiger partial charge in [0, 0.05) is 11.5 Å². The van der Waals surface area contributed by atoms with E-state index in [1.54, 1.807) is 0 Å². The van der Waals surface area contributed by atoms with Crippen LogP contribution in [0.2, 0.25) is 0 Å². The number of aryl methyl sites for hydroxylation is 1. The van der Waals surface area contributed by atoms with Gasteiger partial charge in [-0.05, 0) is 52.1 Å². The van der Waals surface area contributed by atoms with Crippen LogP contribution in [-0.2, 0) is 5.41 Å². The molecule has 0 unspecified atom stereocenters. The number of piperidine rings is 1. The highest BCUT2D eigenvalue weighted by Gasteiger charge is 2.39. The van der Waals surface area contributed by atoms with Crippen molar-refractivity contribution in [1.82, 2.24) is 20.1 Å². The van der Waals surface area contributed by atoms with Crippen molar-refractivity contribution in [3.63, 3.8) is 0 Å². The van der Waals surface area contributed by atoms with Crippen LogP contribution in [0.25, 0.3) is 0 Å². The van der Waals surface area contributed by atoms with Crippen molar-refractivity contribution >= 4 is 0 Å². The van der Waals surface area contributed by atoms with Crippen LogP contribution in [-0.4, -0.2) is 27.9 Å². The van der Waals surface area contributed by atoms with E-state index in [0.717, 1.165) is 18.9 Å². The topological polar surface area (TPSA) is 42.7 Å². The molecule has 1 aromatic heterocycles. The SMILES string of the molecule is CCCC1(c2nnc(C)n2C2CCCC2)CCNCC1. The summed E-state index contributed by atoms with van der Waals surface area (Å²) < 4.78 is 2.51. The molecule has 0 radical (unpaired) electrons. The second-order valence-electron chi connectivity index (χ2n) is 6.66. The van der Waals surface area contributed by atoms with Crippen LogP contribution < -0.4 is 5.32 Å². The molecule has 1 N–H and O–H groups in total. The van der Waals surface area contributed by atoms with Crippen molar-refractivity contribution in [2.24, 2.45) is 0 Å². The molecule has 2 fully saturated rings. The predicted octanol–water partition coefficient (Wildman–Crippen LogP) is 3.12. The van der Waals surface area contributed by atoms with Crippen LogP contribution in [0.3, 0.4) is 0 Å². The Balaban J connectivity index is 1.98. The fourth-order valence-electron chi connectivity index (χ4n) is 4.30. The van der Waals surface area contributed by atoms with Gasteiger partial charge in [-0.25, -0.2) is 0 Å². The van der Waals surface area contributed by atoms with Gasteiger partial charge < -0.3 is 9.88 Å². The molecule has 1 saturated heterocycles. The summed E-state index contributed by atoms with van der Waals surface area (Å²) in [6.07, 6.45) is 10.3. The molecule has 0 atom stereocenters. The lowest BCUT2D eigenvalue weighted by Gasteiger charge is -2.38. The van der Waals surface area contributed by atoms with Crippen LogP contribution >= 0.6 is 0 Å². The Kier molecular flexibility index (Phi) is 4.11. The lowest BCUT2D eigenvalue weighted by Crippen LogP contribution is -2.42. The van der Waals surface area contributed by atoms with Crippen LogP contribution in [0.5, 0.6) is 0 Å². The van der Waals surface area contributed by atoms with Gasteiger partial charge in [0.15, 0.2) is 0 Å². The number of aromatic nitrogens is 3. The zero-order valence-corrected chi connectivity index (χ0v) is 13.0. The van der Waals surface area contributed by atoms with E-state index in [2.05, 4.69) is 33.9 Å². The highest BCUT2D eigenvalue weighted by atomic mass is 15.3. The normalized spacial score (nSPS) is 23.3. The van der Waals surface area contributed by atoms with E-state index in [1.807, 2.05) is 0 Å². The van der Waals surface area contributed by atoms with Gasteiger partial charge in [0.25, 0.3) is 0 Å². The lowest BCUT2D eigenvalue weighted by molar-refractivity contribution is 0.254. The minimum atomic E-state index is 0.268. The molecule has 20 heavy (non-hydrogen) atoms. The molecule has 3 rings (SSSR count). The summed E-state index contributed by atoms with van der Waals surface area (Å²) in [5.74, 6) is 2.42. The molecule has 4 nitrogen and oxygen atoms in total. The number of hydrogen-bond acceptors (Lipinski definition) is 3. The van der Waals surface area contributed by atoms with Gasteiger partial charge in [-0.3, -0.25) is 0 Å². The zero-order chi connectivity index (χ0) is 14.0. The van der Waals surface area contributed by atoms with E-state index in [1.165, 1.54) is 57.2 Å². The second-order valence-corrected chi connectivity index (χ2v) is 6.66. The highest BCUT2D eigenvalue weighted by Crippen LogP contribution is 2.40. The summed E-state index contributed by atoms with van der Waals surface area (Å²) >= 11 is 0. The standard InChI is InChI=1S/C16H28N4/c1-3-8-16(9-11-17-12-10-16)15-19-18-13(2)20(15)14-6-4-5-7-14/h14,17H,3-12H2,1-2H3. The Bertz CT molecular complexity index is 434. The fraction of sp³-hybridized carbons (Fsp3) is 0.875.